The highest BCUT2D eigenvalue weighted by atomic mass is 16.6. The average molecular weight is 371 g/mol. The zero-order valence-electron chi connectivity index (χ0n) is 14.2. The van der Waals surface area contributed by atoms with Gasteiger partial charge in [0.2, 0.25) is 11.6 Å². The largest absolute Gasteiger partial charge is 0.378 e. The summed E-state index contributed by atoms with van der Waals surface area (Å²) in [5.74, 6) is -0.685. The molecule has 0 atom stereocenters. The van der Waals surface area contributed by atoms with E-state index in [1.807, 2.05) is 0 Å². The molecule has 13 heteroatoms. The van der Waals surface area contributed by atoms with Gasteiger partial charge in [0.15, 0.2) is 5.69 Å². The number of nitrogens with one attached hydrogen (secondary N) is 1. The van der Waals surface area contributed by atoms with Gasteiger partial charge in [-0.05, 0) is 24.2 Å². The van der Waals surface area contributed by atoms with Crippen molar-refractivity contribution in [3.8, 4) is 5.82 Å². The first-order valence-electron chi connectivity index (χ1n) is 7.48. The molecule has 0 spiro atoms. The fourth-order valence-corrected chi connectivity index (χ4v) is 2.20. The summed E-state index contributed by atoms with van der Waals surface area (Å²) < 4.78 is 5.58. The Balaban J connectivity index is 1.85. The van der Waals surface area contributed by atoms with Crippen LogP contribution in [0.15, 0.2) is 34.0 Å². The van der Waals surface area contributed by atoms with Crippen LogP contribution in [0.3, 0.4) is 0 Å². The molecule has 3 N–H and O–H groups in total. The number of non-ortho nitro benzene ring substituents is 1. The highest BCUT2D eigenvalue weighted by molar-refractivity contribution is 6.01. The molecule has 0 aliphatic rings. The minimum absolute atomic E-state index is 0.0140. The Hall–Kier alpha value is -4.16. The lowest BCUT2D eigenvalue weighted by molar-refractivity contribution is -0.384. The predicted molar refractivity (Wildman–Crippen MR) is 91.1 cm³/mol. The minimum Gasteiger partial charge on any atom is -0.378 e. The SMILES string of the molecule is C/C(=N\NC(=O)c1c(C)nnn1-c1nonc1N)c1cccc([N+](=O)[O-])c1. The number of nitro groups is 1. The molecule has 0 saturated carbocycles. The molecule has 1 aromatic carbocycles. The van der Waals surface area contributed by atoms with Crippen molar-refractivity contribution in [2.75, 3.05) is 5.73 Å². The molecule has 13 nitrogen and oxygen atoms in total. The van der Waals surface area contributed by atoms with Crippen LogP contribution < -0.4 is 11.2 Å². The number of aryl methyl sites for hydroxylation is 1. The Morgan fingerprint density at radius 1 is 1.41 bits per heavy atom. The van der Waals surface area contributed by atoms with Gasteiger partial charge in [0.05, 0.1) is 16.3 Å². The third kappa shape index (κ3) is 3.46. The average Bonchev–Trinajstić information content (AvgIpc) is 3.24. The van der Waals surface area contributed by atoms with Gasteiger partial charge in [0.25, 0.3) is 11.6 Å². The quantitative estimate of drug-likeness (QED) is 0.369. The summed E-state index contributed by atoms with van der Waals surface area (Å²) in [7, 11) is 0. The summed E-state index contributed by atoms with van der Waals surface area (Å²) in [5, 5.41) is 29.5. The lowest BCUT2D eigenvalue weighted by Gasteiger charge is -2.04. The molecule has 0 saturated heterocycles. The van der Waals surface area contributed by atoms with E-state index in [1.54, 1.807) is 19.9 Å². The van der Waals surface area contributed by atoms with Crippen molar-refractivity contribution in [3.63, 3.8) is 0 Å². The summed E-state index contributed by atoms with van der Waals surface area (Å²) in [4.78, 5) is 22.9. The maximum atomic E-state index is 12.5. The lowest BCUT2D eigenvalue weighted by Crippen LogP contribution is -2.24. The number of nitrogens with two attached hydrogens (primary N) is 1. The van der Waals surface area contributed by atoms with Crippen LogP contribution in [-0.2, 0) is 0 Å². The zero-order chi connectivity index (χ0) is 19.6. The van der Waals surface area contributed by atoms with Crippen LogP contribution >= 0.6 is 0 Å². The molecule has 0 fully saturated rings. The molecule has 0 aliphatic carbocycles. The van der Waals surface area contributed by atoms with Crippen molar-refractivity contribution in [3.05, 3.63) is 51.3 Å². The van der Waals surface area contributed by atoms with Crippen molar-refractivity contribution >= 4 is 23.1 Å². The van der Waals surface area contributed by atoms with Gasteiger partial charge < -0.3 is 5.73 Å². The highest BCUT2D eigenvalue weighted by Crippen LogP contribution is 2.16. The van der Waals surface area contributed by atoms with Gasteiger partial charge in [-0.1, -0.05) is 17.3 Å². The van der Waals surface area contributed by atoms with Gasteiger partial charge >= 0.3 is 0 Å². The monoisotopic (exact) mass is 371 g/mol. The number of nitrogen functional groups attached to an aromatic ring is 1. The van der Waals surface area contributed by atoms with Gasteiger partial charge in [-0.3, -0.25) is 14.9 Å². The first-order valence-corrected chi connectivity index (χ1v) is 7.48. The smallest absolute Gasteiger partial charge is 0.292 e. The van der Waals surface area contributed by atoms with Gasteiger partial charge in [-0.25, -0.2) is 10.1 Å². The number of nitrogens with zero attached hydrogens (tertiary/aromatic N) is 7. The number of rotatable bonds is 5. The third-order valence-electron chi connectivity index (χ3n) is 3.55. The molecule has 27 heavy (non-hydrogen) atoms. The van der Waals surface area contributed by atoms with E-state index in [9.17, 15) is 14.9 Å². The molecule has 138 valence electrons. The van der Waals surface area contributed by atoms with Crippen LogP contribution in [-0.4, -0.2) is 41.8 Å². The number of hydrazone groups is 1. The molecule has 3 rings (SSSR count). The van der Waals surface area contributed by atoms with E-state index >= 15 is 0 Å². The fourth-order valence-electron chi connectivity index (χ4n) is 2.20. The zero-order valence-corrected chi connectivity index (χ0v) is 14.2. The normalized spacial score (nSPS) is 11.4. The predicted octanol–water partition coefficient (Wildman–Crippen LogP) is 0.603. The molecule has 2 aromatic heterocycles. The van der Waals surface area contributed by atoms with Crippen molar-refractivity contribution in [1.29, 1.82) is 0 Å². The molecular weight excluding hydrogens is 358 g/mol. The van der Waals surface area contributed by atoms with E-state index in [4.69, 9.17) is 5.73 Å². The van der Waals surface area contributed by atoms with Crippen molar-refractivity contribution in [1.82, 2.24) is 30.7 Å². The van der Waals surface area contributed by atoms with Gasteiger partial charge in [0.1, 0.15) is 0 Å². The fraction of sp³-hybridized carbons (Fsp3) is 0.143. The Kier molecular flexibility index (Phi) is 4.57. The number of aromatic nitrogens is 5. The number of benzene rings is 1. The molecule has 0 radical (unpaired) electrons. The molecule has 0 aliphatic heterocycles. The van der Waals surface area contributed by atoms with Crippen molar-refractivity contribution in [2.24, 2.45) is 5.10 Å². The van der Waals surface area contributed by atoms with E-state index in [2.05, 4.69) is 35.8 Å². The van der Waals surface area contributed by atoms with Crippen LogP contribution in [0.25, 0.3) is 5.82 Å². The number of carbonyl (C=O) groups excluding carboxylic acids is 1. The summed E-state index contributed by atoms with van der Waals surface area (Å²) in [6, 6.07) is 5.87. The molecular formula is C14H13N9O4. The van der Waals surface area contributed by atoms with Crippen LogP contribution in [0.4, 0.5) is 11.5 Å². The number of hydrogen-bond donors (Lipinski definition) is 2. The molecule has 2 heterocycles. The first-order chi connectivity index (χ1) is 12.9. The highest BCUT2D eigenvalue weighted by Gasteiger charge is 2.23. The lowest BCUT2D eigenvalue weighted by atomic mass is 10.1. The second-order valence-corrected chi connectivity index (χ2v) is 5.35. The molecule has 0 unspecified atom stereocenters. The van der Waals surface area contributed by atoms with Crippen molar-refractivity contribution < 1.29 is 14.3 Å². The van der Waals surface area contributed by atoms with Crippen LogP contribution in [0.1, 0.15) is 28.7 Å². The van der Waals surface area contributed by atoms with Crippen LogP contribution in [0, 0.1) is 17.0 Å². The Bertz CT molecular complexity index is 1050. The first kappa shape index (κ1) is 17.7. The number of carbonyl (C=O) groups is 1. The van der Waals surface area contributed by atoms with E-state index in [0.717, 1.165) is 4.68 Å². The maximum Gasteiger partial charge on any atom is 0.292 e. The summed E-state index contributed by atoms with van der Waals surface area (Å²) in [6.07, 6.45) is 0. The van der Waals surface area contributed by atoms with Crippen LogP contribution in [0.5, 0.6) is 0 Å². The molecule has 3 aromatic rings. The Morgan fingerprint density at radius 3 is 2.85 bits per heavy atom. The second kappa shape index (κ2) is 6.99. The third-order valence-corrected chi connectivity index (χ3v) is 3.55. The Labute approximate surface area is 151 Å². The number of amides is 1. The van der Waals surface area contributed by atoms with Gasteiger partial charge in [0, 0.05) is 17.7 Å². The van der Waals surface area contributed by atoms with E-state index in [0.29, 0.717) is 17.0 Å². The summed E-state index contributed by atoms with van der Waals surface area (Å²) >= 11 is 0. The van der Waals surface area contributed by atoms with Crippen LogP contribution in [0.2, 0.25) is 0 Å². The molecule has 0 bridgehead atoms. The van der Waals surface area contributed by atoms with E-state index in [-0.39, 0.29) is 23.0 Å². The topological polar surface area (TPSA) is 180 Å². The number of anilines is 1. The van der Waals surface area contributed by atoms with Gasteiger partial charge in [-0.2, -0.15) is 9.78 Å². The Morgan fingerprint density at radius 2 is 2.19 bits per heavy atom. The molecule has 1 amide bonds. The van der Waals surface area contributed by atoms with E-state index < -0.39 is 10.8 Å². The summed E-state index contributed by atoms with van der Waals surface area (Å²) in [6.45, 7) is 3.17. The van der Waals surface area contributed by atoms with Gasteiger partial charge in [-0.15, -0.1) is 5.10 Å². The maximum absolute atomic E-state index is 12.5. The summed E-state index contributed by atoms with van der Waals surface area (Å²) in [5.41, 5.74) is 9.08. The van der Waals surface area contributed by atoms with Crippen molar-refractivity contribution in [2.45, 2.75) is 13.8 Å². The standard InChI is InChI=1S/C14H13N9O4/c1-7(9-4-3-5-10(6-9)23(25)26)16-18-14(24)11-8(2)17-21-22(11)13-12(15)19-27-20-13/h3-6H,1-2H3,(H2,15,19)(H,18,24)/b16-7+. The van der Waals surface area contributed by atoms with E-state index in [1.165, 1.54) is 18.2 Å². The number of hydrogen-bond acceptors (Lipinski definition) is 10. The second-order valence-electron chi connectivity index (χ2n) is 5.35. The number of nitro benzene ring substituents is 1. The minimum atomic E-state index is -0.635.